The second kappa shape index (κ2) is 11.2. The van der Waals surface area contributed by atoms with Crippen LogP contribution in [0.4, 0.5) is 0 Å². The molecule has 0 aliphatic heterocycles. The van der Waals surface area contributed by atoms with Gasteiger partial charge in [0.25, 0.3) is 0 Å². The minimum Gasteiger partial charge on any atom is -0.480 e. The smallest absolute Gasteiger partial charge is 0.326 e. The Balaban J connectivity index is 4.59. The molecule has 25 heavy (non-hydrogen) atoms. The van der Waals surface area contributed by atoms with Crippen molar-refractivity contribution < 1.29 is 24.6 Å². The molecule has 11 nitrogen and oxygen atoms in total. The molecule has 0 heterocycles. The minimum absolute atomic E-state index is 0.0619. The van der Waals surface area contributed by atoms with Crippen LogP contribution in [-0.4, -0.2) is 65.2 Å². The SMILES string of the molecule is CC(C)[C@H](NC(=O)[C@H](CO)NC(=O)[C@@H](N)CCCN=C(N)N)C(=O)O. The average Bonchev–Trinajstić information content (AvgIpc) is 2.52. The third-order valence-electron chi connectivity index (χ3n) is 3.35. The quantitative estimate of drug-likeness (QED) is 0.115. The molecule has 0 saturated heterocycles. The number of aliphatic hydroxyl groups excluding tert-OH is 1. The maximum atomic E-state index is 12.1. The number of hydrogen-bond acceptors (Lipinski definition) is 6. The van der Waals surface area contributed by atoms with Gasteiger partial charge in [0.2, 0.25) is 11.8 Å². The van der Waals surface area contributed by atoms with Crippen molar-refractivity contribution in [2.75, 3.05) is 13.2 Å². The first-order valence-electron chi connectivity index (χ1n) is 7.85. The first kappa shape index (κ1) is 22.6. The number of carboxylic acids is 1. The Morgan fingerprint density at radius 1 is 1.12 bits per heavy atom. The minimum atomic E-state index is -1.29. The molecule has 10 N–H and O–H groups in total. The van der Waals surface area contributed by atoms with Gasteiger partial charge in [0.05, 0.1) is 12.6 Å². The van der Waals surface area contributed by atoms with Crippen molar-refractivity contribution in [3.05, 3.63) is 0 Å². The fourth-order valence-electron chi connectivity index (χ4n) is 1.89. The van der Waals surface area contributed by atoms with Gasteiger partial charge in [-0.25, -0.2) is 4.79 Å². The highest BCUT2D eigenvalue weighted by molar-refractivity contribution is 5.91. The molecule has 0 unspecified atom stereocenters. The summed E-state index contributed by atoms with van der Waals surface area (Å²) >= 11 is 0. The van der Waals surface area contributed by atoms with Gasteiger partial charge in [-0.2, -0.15) is 0 Å². The van der Waals surface area contributed by atoms with Crippen LogP contribution in [0.25, 0.3) is 0 Å². The average molecular weight is 360 g/mol. The summed E-state index contributed by atoms with van der Waals surface area (Å²) in [5.74, 6) is -3.08. The van der Waals surface area contributed by atoms with E-state index in [0.717, 1.165) is 0 Å². The standard InChI is InChI=1S/C14H28N6O5/c1-7(2)10(13(24)25)20-12(23)9(6-21)19-11(22)8(15)4-3-5-18-14(16)17/h7-10,21H,3-6,15H2,1-2H3,(H,19,22)(H,20,23)(H,24,25)(H4,16,17,18)/t8-,9-,10-/m0/s1. The van der Waals surface area contributed by atoms with Crippen LogP contribution >= 0.6 is 0 Å². The number of hydrogen-bond donors (Lipinski definition) is 7. The predicted molar refractivity (Wildman–Crippen MR) is 91.3 cm³/mol. The largest absolute Gasteiger partial charge is 0.480 e. The normalized spacial score (nSPS) is 14.3. The molecule has 2 amide bonds. The fraction of sp³-hybridized carbons (Fsp3) is 0.714. The van der Waals surface area contributed by atoms with Crippen LogP contribution in [0.3, 0.4) is 0 Å². The number of aliphatic hydroxyl groups is 1. The van der Waals surface area contributed by atoms with Crippen molar-refractivity contribution in [1.82, 2.24) is 10.6 Å². The van der Waals surface area contributed by atoms with Crippen LogP contribution in [0, 0.1) is 5.92 Å². The van der Waals surface area contributed by atoms with E-state index in [4.69, 9.17) is 22.3 Å². The van der Waals surface area contributed by atoms with E-state index in [1.807, 2.05) is 0 Å². The van der Waals surface area contributed by atoms with Gasteiger partial charge in [0.15, 0.2) is 5.96 Å². The Morgan fingerprint density at radius 2 is 1.72 bits per heavy atom. The lowest BCUT2D eigenvalue weighted by atomic mass is 10.0. The summed E-state index contributed by atoms with van der Waals surface area (Å²) in [4.78, 5) is 38.9. The van der Waals surface area contributed by atoms with Gasteiger partial charge in [0.1, 0.15) is 12.1 Å². The first-order valence-corrected chi connectivity index (χ1v) is 7.85. The molecule has 0 aromatic heterocycles. The summed E-state index contributed by atoms with van der Waals surface area (Å²) in [7, 11) is 0. The van der Waals surface area contributed by atoms with E-state index in [2.05, 4.69) is 15.6 Å². The Kier molecular flexibility index (Phi) is 10.1. The topological polar surface area (TPSA) is 206 Å². The Hall–Kier alpha value is -2.40. The van der Waals surface area contributed by atoms with E-state index in [0.29, 0.717) is 13.0 Å². The number of aliphatic imine (C=N–C) groups is 1. The second-order valence-corrected chi connectivity index (χ2v) is 5.87. The fourth-order valence-corrected chi connectivity index (χ4v) is 1.89. The highest BCUT2D eigenvalue weighted by Gasteiger charge is 2.28. The number of carbonyl (C=O) groups is 3. The van der Waals surface area contributed by atoms with Crippen molar-refractivity contribution in [3.8, 4) is 0 Å². The summed E-state index contributed by atoms with van der Waals surface area (Å²) in [5, 5.41) is 22.9. The van der Waals surface area contributed by atoms with Crippen molar-refractivity contribution in [1.29, 1.82) is 0 Å². The van der Waals surface area contributed by atoms with Gasteiger partial charge in [-0.15, -0.1) is 0 Å². The number of nitrogens with zero attached hydrogens (tertiary/aromatic N) is 1. The highest BCUT2D eigenvalue weighted by atomic mass is 16.4. The van der Waals surface area contributed by atoms with Gasteiger partial charge in [-0.3, -0.25) is 14.6 Å². The van der Waals surface area contributed by atoms with Crippen LogP contribution in [0.15, 0.2) is 4.99 Å². The molecule has 11 heteroatoms. The molecule has 0 saturated carbocycles. The molecular weight excluding hydrogens is 332 g/mol. The molecule has 0 aliphatic rings. The van der Waals surface area contributed by atoms with E-state index in [-0.39, 0.29) is 18.3 Å². The van der Waals surface area contributed by atoms with E-state index < -0.39 is 42.5 Å². The van der Waals surface area contributed by atoms with Crippen molar-refractivity contribution in [2.24, 2.45) is 28.1 Å². The monoisotopic (exact) mass is 360 g/mol. The van der Waals surface area contributed by atoms with Gasteiger partial charge in [-0.1, -0.05) is 13.8 Å². The molecular formula is C14H28N6O5. The third kappa shape index (κ3) is 8.86. The van der Waals surface area contributed by atoms with Gasteiger partial charge in [0, 0.05) is 6.54 Å². The summed E-state index contributed by atoms with van der Waals surface area (Å²) in [5.41, 5.74) is 16.0. The third-order valence-corrected chi connectivity index (χ3v) is 3.35. The Bertz CT molecular complexity index is 492. The predicted octanol–water partition coefficient (Wildman–Crippen LogP) is -2.93. The Morgan fingerprint density at radius 3 is 2.16 bits per heavy atom. The lowest BCUT2D eigenvalue weighted by Gasteiger charge is -2.23. The zero-order valence-corrected chi connectivity index (χ0v) is 14.4. The molecule has 0 aromatic carbocycles. The lowest BCUT2D eigenvalue weighted by Crippen LogP contribution is -2.56. The number of guanidine groups is 1. The summed E-state index contributed by atoms with van der Waals surface area (Å²) in [6, 6.07) is -3.35. The van der Waals surface area contributed by atoms with Gasteiger partial charge in [-0.05, 0) is 18.8 Å². The van der Waals surface area contributed by atoms with Crippen LogP contribution in [0.2, 0.25) is 0 Å². The molecule has 0 rings (SSSR count). The molecule has 0 bridgehead atoms. The molecule has 0 spiro atoms. The van der Waals surface area contributed by atoms with Gasteiger partial charge < -0.3 is 38.0 Å². The van der Waals surface area contributed by atoms with Crippen molar-refractivity contribution in [2.45, 2.75) is 44.8 Å². The molecule has 0 radical (unpaired) electrons. The van der Waals surface area contributed by atoms with Crippen LogP contribution in [-0.2, 0) is 14.4 Å². The second-order valence-electron chi connectivity index (χ2n) is 5.87. The van der Waals surface area contributed by atoms with Crippen molar-refractivity contribution in [3.63, 3.8) is 0 Å². The molecule has 144 valence electrons. The summed E-state index contributed by atoms with van der Waals surface area (Å²) < 4.78 is 0. The number of aliphatic carboxylic acids is 1. The highest BCUT2D eigenvalue weighted by Crippen LogP contribution is 2.03. The Labute approximate surface area is 146 Å². The van der Waals surface area contributed by atoms with Crippen LogP contribution in [0.5, 0.6) is 0 Å². The number of rotatable bonds is 11. The summed E-state index contributed by atoms with van der Waals surface area (Å²) in [6.07, 6.45) is 0.725. The van der Waals surface area contributed by atoms with E-state index in [9.17, 15) is 19.5 Å². The molecule has 0 aliphatic carbocycles. The zero-order chi connectivity index (χ0) is 19.6. The van der Waals surface area contributed by atoms with Crippen molar-refractivity contribution >= 4 is 23.7 Å². The van der Waals surface area contributed by atoms with E-state index in [1.165, 1.54) is 0 Å². The summed E-state index contributed by atoms with van der Waals surface area (Å²) in [6.45, 7) is 2.86. The van der Waals surface area contributed by atoms with E-state index >= 15 is 0 Å². The lowest BCUT2D eigenvalue weighted by molar-refractivity contribution is -0.143. The number of carboxylic acid groups (broad SMARTS) is 1. The number of amides is 2. The molecule has 3 atom stereocenters. The zero-order valence-electron chi connectivity index (χ0n) is 14.4. The van der Waals surface area contributed by atoms with E-state index in [1.54, 1.807) is 13.8 Å². The number of nitrogens with one attached hydrogen (secondary N) is 2. The van der Waals surface area contributed by atoms with Crippen LogP contribution < -0.4 is 27.8 Å². The first-order chi connectivity index (χ1) is 11.6. The maximum Gasteiger partial charge on any atom is 0.326 e. The number of nitrogens with two attached hydrogens (primary N) is 3. The molecule has 0 fully saturated rings. The molecule has 0 aromatic rings. The maximum absolute atomic E-state index is 12.1. The van der Waals surface area contributed by atoms with Crippen LogP contribution in [0.1, 0.15) is 26.7 Å². The van der Waals surface area contributed by atoms with Gasteiger partial charge >= 0.3 is 5.97 Å². The number of carbonyl (C=O) groups excluding carboxylic acids is 2.